The molecule has 0 aliphatic carbocycles. The molecule has 10 heteroatoms. The fourth-order valence-corrected chi connectivity index (χ4v) is 4.03. The molecular formula is C18H24ClN3O4S2. The molecule has 1 aromatic carbocycles. The van der Waals surface area contributed by atoms with E-state index >= 15 is 0 Å². The van der Waals surface area contributed by atoms with Crippen molar-refractivity contribution < 1.29 is 17.9 Å². The first-order valence-corrected chi connectivity index (χ1v) is 11.6. The van der Waals surface area contributed by atoms with Crippen molar-refractivity contribution in [1.82, 2.24) is 9.29 Å². The SMILES string of the molecule is COc1ccc(Cl)cc1C(=O)N=c1sc(C(C)(C)C)cn1CCNS(C)(=O)=O. The van der Waals surface area contributed by atoms with Gasteiger partial charge in [0.1, 0.15) is 5.75 Å². The molecule has 2 rings (SSSR count). The number of nitrogens with zero attached hydrogens (tertiary/aromatic N) is 2. The van der Waals surface area contributed by atoms with Gasteiger partial charge in [-0.2, -0.15) is 4.99 Å². The summed E-state index contributed by atoms with van der Waals surface area (Å²) in [6.45, 7) is 6.72. The summed E-state index contributed by atoms with van der Waals surface area (Å²) < 4.78 is 32.1. The molecule has 1 N–H and O–H groups in total. The van der Waals surface area contributed by atoms with E-state index < -0.39 is 15.9 Å². The second kappa shape index (κ2) is 8.77. The average molecular weight is 446 g/mol. The fraction of sp³-hybridized carbons (Fsp3) is 0.444. The number of benzene rings is 1. The first-order chi connectivity index (χ1) is 12.9. The summed E-state index contributed by atoms with van der Waals surface area (Å²) >= 11 is 7.40. The lowest BCUT2D eigenvalue weighted by atomic mass is 9.95. The van der Waals surface area contributed by atoms with Crippen molar-refractivity contribution in [3.63, 3.8) is 0 Å². The van der Waals surface area contributed by atoms with Crippen molar-refractivity contribution in [2.45, 2.75) is 32.7 Å². The molecule has 1 amide bonds. The van der Waals surface area contributed by atoms with E-state index in [9.17, 15) is 13.2 Å². The summed E-state index contributed by atoms with van der Waals surface area (Å²) in [5.74, 6) is -0.0949. The van der Waals surface area contributed by atoms with Gasteiger partial charge in [0.25, 0.3) is 5.91 Å². The molecule has 154 valence electrons. The monoisotopic (exact) mass is 445 g/mol. The topological polar surface area (TPSA) is 89.8 Å². The van der Waals surface area contributed by atoms with E-state index in [4.69, 9.17) is 16.3 Å². The molecule has 0 atom stereocenters. The number of hydrogen-bond acceptors (Lipinski definition) is 5. The minimum atomic E-state index is -3.30. The molecule has 7 nitrogen and oxygen atoms in total. The highest BCUT2D eigenvalue weighted by molar-refractivity contribution is 7.88. The maximum absolute atomic E-state index is 12.8. The van der Waals surface area contributed by atoms with Crippen LogP contribution in [0, 0.1) is 0 Å². The third kappa shape index (κ3) is 6.16. The Morgan fingerprint density at radius 1 is 1.36 bits per heavy atom. The lowest BCUT2D eigenvalue weighted by Gasteiger charge is -2.14. The summed E-state index contributed by atoms with van der Waals surface area (Å²) in [4.78, 5) is 18.5. The third-order valence-corrected chi connectivity index (χ3v) is 6.17. The third-order valence-electron chi connectivity index (χ3n) is 3.77. The van der Waals surface area contributed by atoms with Crippen molar-refractivity contribution in [2.75, 3.05) is 19.9 Å². The number of thiazole rings is 1. The highest BCUT2D eigenvalue weighted by atomic mass is 35.5. The van der Waals surface area contributed by atoms with Crippen LogP contribution < -0.4 is 14.3 Å². The maximum Gasteiger partial charge on any atom is 0.283 e. The Labute approximate surface area is 174 Å². The minimum Gasteiger partial charge on any atom is -0.496 e. The number of sulfonamides is 1. The lowest BCUT2D eigenvalue weighted by Crippen LogP contribution is -2.28. The zero-order chi connectivity index (χ0) is 21.1. The van der Waals surface area contributed by atoms with Gasteiger partial charge in [0.05, 0.1) is 18.9 Å². The van der Waals surface area contributed by atoms with E-state index in [1.54, 1.807) is 16.7 Å². The van der Waals surface area contributed by atoms with Gasteiger partial charge >= 0.3 is 0 Å². The first kappa shape index (κ1) is 22.6. The molecule has 0 radical (unpaired) electrons. The summed E-state index contributed by atoms with van der Waals surface area (Å²) in [7, 11) is -1.83. The summed E-state index contributed by atoms with van der Waals surface area (Å²) in [6.07, 6.45) is 3.00. The zero-order valence-electron chi connectivity index (χ0n) is 16.4. The number of methoxy groups -OCH3 is 1. The molecule has 0 saturated heterocycles. The number of carbonyl (C=O) groups is 1. The van der Waals surface area contributed by atoms with Crippen molar-refractivity contribution in [1.29, 1.82) is 0 Å². The number of hydrogen-bond donors (Lipinski definition) is 1. The quantitative estimate of drug-likeness (QED) is 0.740. The van der Waals surface area contributed by atoms with E-state index in [1.165, 1.54) is 24.5 Å². The van der Waals surface area contributed by atoms with Crippen molar-refractivity contribution in [2.24, 2.45) is 4.99 Å². The van der Waals surface area contributed by atoms with Crippen LogP contribution in [0.2, 0.25) is 5.02 Å². The Bertz CT molecular complexity index is 1030. The molecule has 2 aromatic rings. The Balaban J connectivity index is 2.45. The van der Waals surface area contributed by atoms with Crippen molar-refractivity contribution >= 4 is 38.9 Å². The predicted octanol–water partition coefficient (Wildman–Crippen LogP) is 2.80. The normalized spacial score (nSPS) is 13.0. The number of halogens is 1. The molecule has 0 fully saturated rings. The Morgan fingerprint density at radius 3 is 2.61 bits per heavy atom. The van der Waals surface area contributed by atoms with Gasteiger partial charge in [-0.3, -0.25) is 4.79 Å². The van der Waals surface area contributed by atoms with Gasteiger partial charge in [-0.05, 0) is 23.6 Å². The van der Waals surface area contributed by atoms with Crippen LogP contribution >= 0.6 is 22.9 Å². The van der Waals surface area contributed by atoms with Gasteiger partial charge in [-0.25, -0.2) is 13.1 Å². The first-order valence-electron chi connectivity index (χ1n) is 8.48. The standard InChI is InChI=1S/C18H24ClN3O4S2/c1-18(2,3)15-11-22(9-8-20-28(5,24)25)17(27-15)21-16(23)13-10-12(19)6-7-14(13)26-4/h6-7,10-11,20H,8-9H2,1-5H3. The molecule has 1 heterocycles. The second-order valence-electron chi connectivity index (χ2n) is 7.25. The van der Waals surface area contributed by atoms with Gasteiger partial charge in [0, 0.05) is 29.2 Å². The van der Waals surface area contributed by atoms with Gasteiger partial charge in [-0.15, -0.1) is 11.3 Å². The highest BCUT2D eigenvalue weighted by Crippen LogP contribution is 2.25. The molecule has 0 aliphatic rings. The number of rotatable bonds is 6. The molecular weight excluding hydrogens is 422 g/mol. The van der Waals surface area contributed by atoms with Crippen molar-refractivity contribution in [3.05, 3.63) is 44.7 Å². The van der Waals surface area contributed by atoms with Crippen LogP contribution in [0.3, 0.4) is 0 Å². The molecule has 0 bridgehead atoms. The summed E-state index contributed by atoms with van der Waals surface area (Å²) in [5, 5.41) is 0.408. The number of ether oxygens (including phenoxy) is 1. The van der Waals surface area contributed by atoms with Gasteiger partial charge < -0.3 is 9.30 Å². The van der Waals surface area contributed by atoms with Crippen LogP contribution in [0.5, 0.6) is 5.75 Å². The van der Waals surface area contributed by atoms with Crippen LogP contribution in [0.25, 0.3) is 0 Å². The van der Waals surface area contributed by atoms with E-state index in [0.717, 1.165) is 11.1 Å². The molecule has 0 aliphatic heterocycles. The molecule has 0 unspecified atom stereocenters. The highest BCUT2D eigenvalue weighted by Gasteiger charge is 2.19. The zero-order valence-corrected chi connectivity index (χ0v) is 18.8. The summed E-state index contributed by atoms with van der Waals surface area (Å²) in [6, 6.07) is 4.77. The van der Waals surface area contributed by atoms with Crippen LogP contribution in [-0.2, 0) is 22.0 Å². The fourth-order valence-electron chi connectivity index (χ4n) is 2.32. The van der Waals surface area contributed by atoms with Crippen LogP contribution in [-0.4, -0.2) is 38.8 Å². The van der Waals surface area contributed by atoms with Crippen LogP contribution in [0.1, 0.15) is 36.0 Å². The van der Waals surface area contributed by atoms with Crippen molar-refractivity contribution in [3.8, 4) is 5.75 Å². The molecule has 0 spiro atoms. The Hall–Kier alpha value is -1.68. The van der Waals surface area contributed by atoms with Crippen LogP contribution in [0.4, 0.5) is 0 Å². The Kier molecular flexibility index (Phi) is 7.08. The smallest absolute Gasteiger partial charge is 0.283 e. The number of amides is 1. The molecule has 0 saturated carbocycles. The number of aromatic nitrogens is 1. The van der Waals surface area contributed by atoms with Gasteiger partial charge in [-0.1, -0.05) is 32.4 Å². The van der Waals surface area contributed by atoms with Gasteiger partial charge in [0.2, 0.25) is 10.0 Å². The second-order valence-corrected chi connectivity index (χ2v) is 10.5. The van der Waals surface area contributed by atoms with E-state index in [-0.39, 0.29) is 17.5 Å². The largest absolute Gasteiger partial charge is 0.496 e. The summed E-state index contributed by atoms with van der Waals surface area (Å²) in [5.41, 5.74) is 0.128. The van der Waals surface area contributed by atoms with Gasteiger partial charge in [0.15, 0.2) is 4.80 Å². The minimum absolute atomic E-state index is 0.138. The average Bonchev–Trinajstić information content (AvgIpc) is 2.96. The predicted molar refractivity (Wildman–Crippen MR) is 112 cm³/mol. The molecule has 1 aromatic heterocycles. The Morgan fingerprint density at radius 2 is 2.04 bits per heavy atom. The van der Waals surface area contributed by atoms with Crippen LogP contribution in [0.15, 0.2) is 29.4 Å². The lowest BCUT2D eigenvalue weighted by molar-refractivity contribution is 0.0995. The van der Waals surface area contributed by atoms with E-state index in [2.05, 4.69) is 30.5 Å². The number of nitrogens with one attached hydrogen (secondary N) is 1. The number of carbonyl (C=O) groups excluding carboxylic acids is 1. The van der Waals surface area contributed by atoms with E-state index in [1.807, 2.05) is 6.20 Å². The van der Waals surface area contributed by atoms with E-state index in [0.29, 0.717) is 22.1 Å². The maximum atomic E-state index is 12.8. The molecule has 28 heavy (non-hydrogen) atoms.